The average molecular weight is 278 g/mol. The van der Waals surface area contributed by atoms with Crippen molar-refractivity contribution in [2.45, 2.75) is 47.2 Å². The maximum absolute atomic E-state index is 12.0. The van der Waals surface area contributed by atoms with Gasteiger partial charge in [-0.2, -0.15) is 0 Å². The van der Waals surface area contributed by atoms with Crippen LogP contribution in [0, 0.1) is 12.3 Å². The molecule has 112 valence electrons. The molecule has 0 aliphatic heterocycles. The van der Waals surface area contributed by atoms with Gasteiger partial charge < -0.3 is 15.8 Å². The van der Waals surface area contributed by atoms with E-state index in [4.69, 9.17) is 10.5 Å². The van der Waals surface area contributed by atoms with Crippen LogP contribution >= 0.6 is 0 Å². The number of hydrogen-bond donors (Lipinski definition) is 2. The minimum atomic E-state index is -0.525. The van der Waals surface area contributed by atoms with Crippen LogP contribution in [0.4, 0.5) is 0 Å². The average Bonchev–Trinajstić information content (AvgIpc) is 2.36. The summed E-state index contributed by atoms with van der Waals surface area (Å²) in [6.07, 6.45) is 0. The largest absolute Gasteiger partial charge is 0.494 e. The van der Waals surface area contributed by atoms with Crippen molar-refractivity contribution >= 4 is 5.91 Å². The monoisotopic (exact) mass is 278 g/mol. The summed E-state index contributed by atoms with van der Waals surface area (Å²) in [4.78, 5) is 12.0. The number of nitrogens with two attached hydrogens (primary N) is 1. The third kappa shape index (κ3) is 4.53. The van der Waals surface area contributed by atoms with Gasteiger partial charge in [-0.05, 0) is 30.9 Å². The highest BCUT2D eigenvalue weighted by Gasteiger charge is 2.27. The standard InChI is InChI=1S/C16H26N2O2/c1-6-20-13-9-11(2)7-8-12(13)10-18-15(19)14(17)16(3,4)5/h7-9,14H,6,10,17H2,1-5H3,(H,18,19)/t14-/m1/s1. The third-order valence-electron chi connectivity index (χ3n) is 3.19. The summed E-state index contributed by atoms with van der Waals surface area (Å²) in [5.41, 5.74) is 7.78. The van der Waals surface area contributed by atoms with Crippen molar-refractivity contribution in [1.29, 1.82) is 0 Å². The van der Waals surface area contributed by atoms with E-state index in [0.717, 1.165) is 16.9 Å². The highest BCUT2D eigenvalue weighted by molar-refractivity contribution is 5.82. The number of rotatable bonds is 5. The third-order valence-corrected chi connectivity index (χ3v) is 3.19. The van der Waals surface area contributed by atoms with E-state index < -0.39 is 6.04 Å². The second-order valence-electron chi connectivity index (χ2n) is 6.11. The maximum atomic E-state index is 12.0. The van der Waals surface area contributed by atoms with E-state index in [1.165, 1.54) is 0 Å². The minimum Gasteiger partial charge on any atom is -0.494 e. The Kier molecular flexibility index (Phi) is 5.57. The Morgan fingerprint density at radius 2 is 2.05 bits per heavy atom. The number of nitrogens with one attached hydrogen (secondary N) is 1. The zero-order valence-electron chi connectivity index (χ0n) is 13.1. The molecule has 0 bridgehead atoms. The van der Waals surface area contributed by atoms with Crippen LogP contribution in [0.15, 0.2) is 18.2 Å². The lowest BCUT2D eigenvalue weighted by Crippen LogP contribution is -2.48. The molecule has 1 atom stereocenters. The summed E-state index contributed by atoms with van der Waals surface area (Å²) < 4.78 is 5.60. The molecule has 0 unspecified atom stereocenters. The highest BCUT2D eigenvalue weighted by Crippen LogP contribution is 2.21. The van der Waals surface area contributed by atoms with Gasteiger partial charge in [0.25, 0.3) is 0 Å². The molecule has 0 radical (unpaired) electrons. The fourth-order valence-electron chi connectivity index (χ4n) is 1.78. The predicted octanol–water partition coefficient (Wildman–Crippen LogP) is 2.38. The van der Waals surface area contributed by atoms with Crippen LogP contribution in [-0.4, -0.2) is 18.6 Å². The Morgan fingerprint density at radius 3 is 2.60 bits per heavy atom. The topological polar surface area (TPSA) is 64.3 Å². The number of amides is 1. The van der Waals surface area contributed by atoms with Crippen LogP contribution in [-0.2, 0) is 11.3 Å². The molecule has 1 amide bonds. The zero-order chi connectivity index (χ0) is 15.3. The summed E-state index contributed by atoms with van der Waals surface area (Å²) in [5, 5.41) is 2.88. The molecule has 0 heterocycles. The van der Waals surface area contributed by atoms with Crippen molar-refractivity contribution in [2.75, 3.05) is 6.61 Å². The van der Waals surface area contributed by atoms with E-state index in [1.807, 2.05) is 52.8 Å². The Labute approximate surface area is 121 Å². The van der Waals surface area contributed by atoms with Gasteiger partial charge in [-0.25, -0.2) is 0 Å². The van der Waals surface area contributed by atoms with Crippen LogP contribution in [0.25, 0.3) is 0 Å². The second kappa shape index (κ2) is 6.75. The van der Waals surface area contributed by atoms with Gasteiger partial charge in [0.05, 0.1) is 12.6 Å². The number of carbonyl (C=O) groups excluding carboxylic acids is 1. The first-order valence-corrected chi connectivity index (χ1v) is 7.01. The molecule has 1 aromatic carbocycles. The van der Waals surface area contributed by atoms with Crippen molar-refractivity contribution in [3.63, 3.8) is 0 Å². The quantitative estimate of drug-likeness (QED) is 0.869. The number of aryl methyl sites for hydroxylation is 1. The zero-order valence-corrected chi connectivity index (χ0v) is 13.1. The molecule has 1 rings (SSSR count). The van der Waals surface area contributed by atoms with E-state index in [1.54, 1.807) is 0 Å². The van der Waals surface area contributed by atoms with Gasteiger partial charge in [-0.1, -0.05) is 32.9 Å². The molecule has 4 heteroatoms. The molecule has 0 aromatic heterocycles. The van der Waals surface area contributed by atoms with E-state index in [9.17, 15) is 4.79 Å². The lowest BCUT2D eigenvalue weighted by molar-refractivity contribution is -0.124. The molecule has 0 aliphatic carbocycles. The van der Waals surface area contributed by atoms with E-state index >= 15 is 0 Å². The SMILES string of the molecule is CCOc1cc(C)ccc1CNC(=O)[C@@H](N)C(C)(C)C. The summed E-state index contributed by atoms with van der Waals surface area (Å²) in [5.74, 6) is 0.678. The number of hydrogen-bond acceptors (Lipinski definition) is 3. The fraction of sp³-hybridized carbons (Fsp3) is 0.562. The van der Waals surface area contributed by atoms with Crippen LogP contribution < -0.4 is 15.8 Å². The van der Waals surface area contributed by atoms with Gasteiger partial charge in [-0.15, -0.1) is 0 Å². The number of ether oxygens (including phenoxy) is 1. The predicted molar refractivity (Wildman–Crippen MR) is 81.6 cm³/mol. The molecule has 1 aromatic rings. The first kappa shape index (κ1) is 16.5. The Hall–Kier alpha value is -1.55. The van der Waals surface area contributed by atoms with E-state index in [-0.39, 0.29) is 11.3 Å². The summed E-state index contributed by atoms with van der Waals surface area (Å²) in [7, 11) is 0. The van der Waals surface area contributed by atoms with Gasteiger partial charge in [0.2, 0.25) is 5.91 Å². The van der Waals surface area contributed by atoms with Gasteiger partial charge >= 0.3 is 0 Å². The Bertz CT molecular complexity index is 464. The van der Waals surface area contributed by atoms with Crippen LogP contribution in [0.3, 0.4) is 0 Å². The first-order chi connectivity index (χ1) is 9.25. The molecule has 0 fully saturated rings. The van der Waals surface area contributed by atoms with Crippen molar-refractivity contribution in [1.82, 2.24) is 5.32 Å². The van der Waals surface area contributed by atoms with Crippen molar-refractivity contribution in [2.24, 2.45) is 11.1 Å². The van der Waals surface area contributed by atoms with Crippen molar-refractivity contribution in [3.8, 4) is 5.75 Å². The fourth-order valence-corrected chi connectivity index (χ4v) is 1.78. The minimum absolute atomic E-state index is 0.138. The van der Waals surface area contributed by atoms with E-state index in [0.29, 0.717) is 13.2 Å². The highest BCUT2D eigenvalue weighted by atomic mass is 16.5. The number of benzene rings is 1. The molecule has 20 heavy (non-hydrogen) atoms. The molecular weight excluding hydrogens is 252 g/mol. The Balaban J connectivity index is 2.73. The van der Waals surface area contributed by atoms with E-state index in [2.05, 4.69) is 5.32 Å². The van der Waals surface area contributed by atoms with Gasteiger partial charge in [0.15, 0.2) is 0 Å². The van der Waals surface area contributed by atoms with Gasteiger partial charge in [0, 0.05) is 12.1 Å². The summed E-state index contributed by atoms with van der Waals surface area (Å²) in [6, 6.07) is 5.44. The molecular formula is C16H26N2O2. The van der Waals surface area contributed by atoms with Crippen LogP contribution in [0.1, 0.15) is 38.8 Å². The molecule has 0 saturated heterocycles. The van der Waals surface area contributed by atoms with Crippen molar-refractivity contribution < 1.29 is 9.53 Å². The first-order valence-electron chi connectivity index (χ1n) is 7.01. The van der Waals surface area contributed by atoms with Crippen LogP contribution in [0.5, 0.6) is 5.75 Å². The molecule has 4 nitrogen and oxygen atoms in total. The molecule has 3 N–H and O–H groups in total. The maximum Gasteiger partial charge on any atom is 0.237 e. The lowest BCUT2D eigenvalue weighted by atomic mass is 9.87. The Morgan fingerprint density at radius 1 is 1.40 bits per heavy atom. The molecule has 0 aliphatic rings. The lowest BCUT2D eigenvalue weighted by Gasteiger charge is -2.26. The van der Waals surface area contributed by atoms with Gasteiger partial charge in [-0.3, -0.25) is 4.79 Å². The van der Waals surface area contributed by atoms with Crippen molar-refractivity contribution in [3.05, 3.63) is 29.3 Å². The van der Waals surface area contributed by atoms with Gasteiger partial charge in [0.1, 0.15) is 5.75 Å². The van der Waals surface area contributed by atoms with Crippen LogP contribution in [0.2, 0.25) is 0 Å². The summed E-state index contributed by atoms with van der Waals surface area (Å²) >= 11 is 0. The smallest absolute Gasteiger partial charge is 0.237 e. The number of carbonyl (C=O) groups is 1. The summed E-state index contributed by atoms with van der Waals surface area (Å²) in [6.45, 7) is 10.9. The second-order valence-corrected chi connectivity index (χ2v) is 6.11. The molecule has 0 saturated carbocycles. The normalized spacial score (nSPS) is 12.9. The molecule has 0 spiro atoms.